The van der Waals surface area contributed by atoms with E-state index in [9.17, 15) is 0 Å². The van der Waals surface area contributed by atoms with Gasteiger partial charge in [0.25, 0.3) is 0 Å². The normalized spacial score (nSPS) is 19.1. The molecule has 1 unspecified atom stereocenters. The number of anilines is 1. The summed E-state index contributed by atoms with van der Waals surface area (Å²) in [5.74, 6) is 2.19. The van der Waals surface area contributed by atoms with Crippen LogP contribution >= 0.6 is 15.9 Å². The van der Waals surface area contributed by atoms with Gasteiger partial charge in [-0.2, -0.15) is 0 Å². The molecule has 1 fully saturated rings. The quantitative estimate of drug-likeness (QED) is 0.926. The van der Waals surface area contributed by atoms with Gasteiger partial charge in [-0.15, -0.1) is 0 Å². The molecule has 0 radical (unpaired) electrons. The lowest BCUT2D eigenvalue weighted by atomic mass is 10.1. The molecule has 1 aliphatic rings. The fourth-order valence-electron chi connectivity index (χ4n) is 2.37. The van der Waals surface area contributed by atoms with Crippen LogP contribution in [0.3, 0.4) is 0 Å². The summed E-state index contributed by atoms with van der Waals surface area (Å²) in [6.07, 6.45) is 1.14. The molecule has 1 aromatic carbocycles. The van der Waals surface area contributed by atoms with Gasteiger partial charge in [-0.3, -0.25) is 0 Å². The van der Waals surface area contributed by atoms with Gasteiger partial charge in [-0.1, -0.05) is 0 Å². The molecule has 0 saturated carbocycles. The number of halogens is 1. The zero-order chi connectivity index (χ0) is 13.1. The van der Waals surface area contributed by atoms with E-state index < -0.39 is 0 Å². The van der Waals surface area contributed by atoms with Gasteiger partial charge in [-0.05, 0) is 46.9 Å². The van der Waals surface area contributed by atoms with Crippen molar-refractivity contribution >= 4 is 21.6 Å². The maximum atomic E-state index is 5.73. The summed E-state index contributed by atoms with van der Waals surface area (Å²) in [5.41, 5.74) is 6.83. The van der Waals surface area contributed by atoms with Gasteiger partial charge >= 0.3 is 0 Å². The second kappa shape index (κ2) is 5.80. The van der Waals surface area contributed by atoms with Crippen molar-refractivity contribution in [2.24, 2.45) is 11.7 Å². The first kappa shape index (κ1) is 13.5. The maximum Gasteiger partial charge on any atom is 0.160 e. The van der Waals surface area contributed by atoms with Crippen LogP contribution in [0.25, 0.3) is 0 Å². The van der Waals surface area contributed by atoms with Crippen molar-refractivity contribution in [2.75, 3.05) is 38.8 Å². The van der Waals surface area contributed by atoms with Crippen LogP contribution in [0.4, 0.5) is 5.69 Å². The lowest BCUT2D eigenvalue weighted by Crippen LogP contribution is -2.23. The van der Waals surface area contributed by atoms with E-state index in [4.69, 9.17) is 15.2 Å². The molecule has 1 saturated heterocycles. The number of nitrogens with zero attached hydrogens (tertiary/aromatic N) is 1. The van der Waals surface area contributed by atoms with Crippen LogP contribution in [0, 0.1) is 5.92 Å². The van der Waals surface area contributed by atoms with E-state index in [1.165, 1.54) is 0 Å². The topological polar surface area (TPSA) is 47.7 Å². The van der Waals surface area contributed by atoms with E-state index in [1.54, 1.807) is 14.2 Å². The first-order valence-electron chi connectivity index (χ1n) is 6.06. The SMILES string of the molecule is COc1ccc(N2CCC(CN)C2)c(OC)c1Br. The number of hydrogen-bond donors (Lipinski definition) is 1. The molecule has 1 heterocycles. The van der Waals surface area contributed by atoms with Crippen molar-refractivity contribution in [1.29, 1.82) is 0 Å². The van der Waals surface area contributed by atoms with Crippen molar-refractivity contribution in [1.82, 2.24) is 0 Å². The summed E-state index contributed by atoms with van der Waals surface area (Å²) in [5, 5.41) is 0. The van der Waals surface area contributed by atoms with Crippen molar-refractivity contribution in [3.8, 4) is 11.5 Å². The predicted molar refractivity (Wildman–Crippen MR) is 76.6 cm³/mol. The van der Waals surface area contributed by atoms with Gasteiger partial charge in [0.05, 0.1) is 19.9 Å². The number of methoxy groups -OCH3 is 2. The summed E-state index contributed by atoms with van der Waals surface area (Å²) in [6, 6.07) is 4.00. The van der Waals surface area contributed by atoms with Gasteiger partial charge in [-0.25, -0.2) is 0 Å². The van der Waals surface area contributed by atoms with Crippen LogP contribution in [0.15, 0.2) is 16.6 Å². The highest BCUT2D eigenvalue weighted by Gasteiger charge is 2.25. The van der Waals surface area contributed by atoms with Crippen LogP contribution in [0.1, 0.15) is 6.42 Å². The molecular weight excluding hydrogens is 296 g/mol. The van der Waals surface area contributed by atoms with Gasteiger partial charge in [0, 0.05) is 13.1 Å². The molecule has 0 aromatic heterocycles. The van der Waals surface area contributed by atoms with Crippen molar-refractivity contribution in [3.63, 3.8) is 0 Å². The van der Waals surface area contributed by atoms with Crippen molar-refractivity contribution < 1.29 is 9.47 Å². The van der Waals surface area contributed by atoms with Crippen LogP contribution < -0.4 is 20.1 Å². The van der Waals surface area contributed by atoms with E-state index in [1.807, 2.05) is 12.1 Å². The van der Waals surface area contributed by atoms with E-state index in [2.05, 4.69) is 20.8 Å². The van der Waals surface area contributed by atoms with Crippen LogP contribution in [0.5, 0.6) is 11.5 Å². The van der Waals surface area contributed by atoms with Gasteiger partial charge in [0.15, 0.2) is 5.75 Å². The van der Waals surface area contributed by atoms with E-state index in [0.29, 0.717) is 5.92 Å². The molecule has 4 nitrogen and oxygen atoms in total. The van der Waals surface area contributed by atoms with E-state index in [0.717, 1.165) is 47.7 Å². The zero-order valence-electron chi connectivity index (χ0n) is 10.8. The molecule has 100 valence electrons. The number of nitrogens with two attached hydrogens (primary N) is 1. The van der Waals surface area contributed by atoms with Gasteiger partial charge in [0.1, 0.15) is 10.2 Å². The Hall–Kier alpha value is -0.940. The molecule has 2 N–H and O–H groups in total. The van der Waals surface area contributed by atoms with Crippen molar-refractivity contribution in [3.05, 3.63) is 16.6 Å². The van der Waals surface area contributed by atoms with Gasteiger partial charge in [0.2, 0.25) is 0 Å². The molecule has 0 amide bonds. The fourth-order valence-corrected chi connectivity index (χ4v) is 3.03. The second-order valence-electron chi connectivity index (χ2n) is 4.47. The molecule has 18 heavy (non-hydrogen) atoms. The maximum absolute atomic E-state index is 5.73. The Labute approximate surface area is 116 Å². The average Bonchev–Trinajstić information content (AvgIpc) is 2.87. The molecule has 1 aromatic rings. The number of benzene rings is 1. The van der Waals surface area contributed by atoms with Crippen LogP contribution in [0.2, 0.25) is 0 Å². The molecule has 1 atom stereocenters. The Morgan fingerprint density at radius 3 is 2.72 bits per heavy atom. The highest BCUT2D eigenvalue weighted by molar-refractivity contribution is 9.10. The molecule has 5 heteroatoms. The lowest BCUT2D eigenvalue weighted by molar-refractivity contribution is 0.389. The third-order valence-corrected chi connectivity index (χ3v) is 4.18. The molecule has 1 aliphatic heterocycles. The third kappa shape index (κ3) is 2.42. The minimum atomic E-state index is 0.579. The van der Waals surface area contributed by atoms with E-state index >= 15 is 0 Å². The summed E-state index contributed by atoms with van der Waals surface area (Å²) in [4.78, 5) is 2.32. The van der Waals surface area contributed by atoms with Crippen molar-refractivity contribution in [2.45, 2.75) is 6.42 Å². The first-order valence-corrected chi connectivity index (χ1v) is 6.86. The highest BCUT2D eigenvalue weighted by atomic mass is 79.9. The number of ether oxygens (including phenoxy) is 2. The second-order valence-corrected chi connectivity index (χ2v) is 5.26. The average molecular weight is 315 g/mol. The van der Waals surface area contributed by atoms with Crippen LogP contribution in [-0.4, -0.2) is 33.9 Å². The van der Waals surface area contributed by atoms with Gasteiger partial charge < -0.3 is 20.1 Å². The Kier molecular flexibility index (Phi) is 4.35. The Morgan fingerprint density at radius 2 is 2.17 bits per heavy atom. The summed E-state index contributed by atoms with van der Waals surface area (Å²) in [7, 11) is 3.33. The summed E-state index contributed by atoms with van der Waals surface area (Å²) >= 11 is 3.53. The van der Waals surface area contributed by atoms with E-state index in [-0.39, 0.29) is 0 Å². The predicted octanol–water partition coefficient (Wildman–Crippen LogP) is 2.25. The highest BCUT2D eigenvalue weighted by Crippen LogP contribution is 2.42. The first-order chi connectivity index (χ1) is 8.71. The molecule has 0 spiro atoms. The third-order valence-electron chi connectivity index (χ3n) is 3.42. The molecule has 0 bridgehead atoms. The van der Waals surface area contributed by atoms with Crippen LogP contribution in [-0.2, 0) is 0 Å². The minimum absolute atomic E-state index is 0.579. The number of rotatable bonds is 4. The zero-order valence-corrected chi connectivity index (χ0v) is 12.4. The fraction of sp³-hybridized carbons (Fsp3) is 0.538. The standard InChI is InChI=1S/C13H19BrN2O2/c1-17-11-4-3-10(13(18-2)12(11)14)16-6-5-9(7-15)8-16/h3-4,9H,5-8,15H2,1-2H3. The summed E-state index contributed by atoms with van der Waals surface area (Å²) in [6.45, 7) is 2.76. The Morgan fingerprint density at radius 1 is 1.39 bits per heavy atom. The number of hydrogen-bond acceptors (Lipinski definition) is 4. The molecule has 0 aliphatic carbocycles. The minimum Gasteiger partial charge on any atom is -0.495 e. The largest absolute Gasteiger partial charge is 0.495 e. The smallest absolute Gasteiger partial charge is 0.160 e. The lowest BCUT2D eigenvalue weighted by Gasteiger charge is -2.22. The molecular formula is C13H19BrN2O2. The summed E-state index contributed by atoms with van der Waals surface area (Å²) < 4.78 is 11.6. The Balaban J connectivity index is 2.31. The monoisotopic (exact) mass is 314 g/mol. The molecule has 2 rings (SSSR count). The Bertz CT molecular complexity index is 426.